The topological polar surface area (TPSA) is 118 Å². The molecule has 0 fully saturated rings. The first kappa shape index (κ1) is 26.1. The normalized spacial score (nSPS) is 11.3. The highest BCUT2D eigenvalue weighted by atomic mass is 32.2. The standard InChI is InChI=1S/C26H27FN6O3S/c1-16(2)13-32-22(28)21(24(35)31(3)26(32)36)20(34)15-37-25-30-29-23(18-11-7-8-12-19(18)27)33(25)14-17-9-5-4-6-10-17/h4-12,16H,13-15,28H2,1-3H3. The van der Waals surface area contributed by atoms with E-state index in [0.29, 0.717) is 17.5 Å². The van der Waals surface area contributed by atoms with E-state index >= 15 is 0 Å². The van der Waals surface area contributed by atoms with Crippen molar-refractivity contribution in [3.8, 4) is 11.4 Å². The Kier molecular flexibility index (Phi) is 7.72. The van der Waals surface area contributed by atoms with Gasteiger partial charge < -0.3 is 5.73 Å². The maximum atomic E-state index is 14.6. The number of hydrogen-bond donors (Lipinski definition) is 1. The molecule has 2 aromatic heterocycles. The minimum absolute atomic E-state index is 0.0724. The molecule has 0 aliphatic heterocycles. The molecule has 192 valence electrons. The summed E-state index contributed by atoms with van der Waals surface area (Å²) in [6, 6.07) is 15.8. The Labute approximate surface area is 216 Å². The molecule has 37 heavy (non-hydrogen) atoms. The number of nitrogens with zero attached hydrogens (tertiary/aromatic N) is 5. The molecule has 2 aromatic carbocycles. The van der Waals surface area contributed by atoms with Crippen LogP contribution in [-0.2, 0) is 20.1 Å². The van der Waals surface area contributed by atoms with Gasteiger partial charge in [0.2, 0.25) is 0 Å². The Morgan fingerprint density at radius 2 is 1.70 bits per heavy atom. The number of benzene rings is 2. The largest absolute Gasteiger partial charge is 0.384 e. The molecule has 0 atom stereocenters. The summed E-state index contributed by atoms with van der Waals surface area (Å²) in [5, 5.41) is 8.80. The third kappa shape index (κ3) is 5.41. The summed E-state index contributed by atoms with van der Waals surface area (Å²) >= 11 is 1.06. The number of rotatable bonds is 9. The van der Waals surface area contributed by atoms with Crippen molar-refractivity contribution in [3.63, 3.8) is 0 Å². The fourth-order valence-electron chi connectivity index (χ4n) is 3.93. The first-order valence-electron chi connectivity index (χ1n) is 11.7. The van der Waals surface area contributed by atoms with Crippen molar-refractivity contribution in [2.24, 2.45) is 13.0 Å². The summed E-state index contributed by atoms with van der Waals surface area (Å²) in [4.78, 5) is 38.6. The number of anilines is 1. The van der Waals surface area contributed by atoms with Crippen molar-refractivity contribution in [3.05, 3.63) is 92.4 Å². The van der Waals surface area contributed by atoms with E-state index in [1.807, 2.05) is 44.2 Å². The zero-order chi connectivity index (χ0) is 26.7. The van der Waals surface area contributed by atoms with Gasteiger partial charge >= 0.3 is 5.69 Å². The van der Waals surface area contributed by atoms with Gasteiger partial charge in [-0.2, -0.15) is 0 Å². The van der Waals surface area contributed by atoms with Gasteiger partial charge in [0.05, 0.1) is 17.9 Å². The van der Waals surface area contributed by atoms with Crippen LogP contribution in [0.3, 0.4) is 0 Å². The van der Waals surface area contributed by atoms with Crippen LogP contribution in [0.25, 0.3) is 11.4 Å². The molecule has 0 radical (unpaired) electrons. The first-order chi connectivity index (χ1) is 17.7. The van der Waals surface area contributed by atoms with Gasteiger partial charge in [0.1, 0.15) is 17.2 Å². The maximum Gasteiger partial charge on any atom is 0.332 e. The van der Waals surface area contributed by atoms with Crippen LogP contribution in [-0.4, -0.2) is 35.4 Å². The van der Waals surface area contributed by atoms with Gasteiger partial charge in [-0.25, -0.2) is 9.18 Å². The molecule has 0 unspecified atom stereocenters. The third-order valence-electron chi connectivity index (χ3n) is 5.76. The van der Waals surface area contributed by atoms with Crippen LogP contribution in [0.4, 0.5) is 10.2 Å². The van der Waals surface area contributed by atoms with Gasteiger partial charge in [-0.15, -0.1) is 10.2 Å². The zero-order valence-corrected chi connectivity index (χ0v) is 21.5. The fraction of sp³-hybridized carbons (Fsp3) is 0.269. The van der Waals surface area contributed by atoms with Crippen molar-refractivity contribution in [1.82, 2.24) is 23.9 Å². The highest BCUT2D eigenvalue weighted by Crippen LogP contribution is 2.27. The summed E-state index contributed by atoms with van der Waals surface area (Å²) in [6.45, 7) is 4.42. The summed E-state index contributed by atoms with van der Waals surface area (Å²) in [5.74, 6) is -0.919. The van der Waals surface area contributed by atoms with E-state index in [4.69, 9.17) is 5.73 Å². The van der Waals surface area contributed by atoms with Gasteiger partial charge in [0, 0.05) is 13.6 Å². The van der Waals surface area contributed by atoms with Gasteiger partial charge in [0.15, 0.2) is 16.8 Å². The maximum absolute atomic E-state index is 14.6. The van der Waals surface area contributed by atoms with E-state index in [-0.39, 0.29) is 35.2 Å². The number of halogens is 1. The lowest BCUT2D eigenvalue weighted by molar-refractivity contribution is 0.102. The molecule has 2 N–H and O–H groups in total. The van der Waals surface area contributed by atoms with E-state index in [1.165, 1.54) is 17.7 Å². The summed E-state index contributed by atoms with van der Waals surface area (Å²) < 4.78 is 18.5. The molecule has 0 bridgehead atoms. The van der Waals surface area contributed by atoms with Crippen molar-refractivity contribution in [2.45, 2.75) is 32.1 Å². The van der Waals surface area contributed by atoms with Crippen LogP contribution < -0.4 is 17.0 Å². The highest BCUT2D eigenvalue weighted by Gasteiger charge is 2.24. The monoisotopic (exact) mass is 522 g/mol. The molecule has 0 amide bonds. The number of hydrogen-bond acceptors (Lipinski definition) is 7. The Morgan fingerprint density at radius 3 is 2.38 bits per heavy atom. The molecular formula is C26H27FN6O3S. The molecule has 4 aromatic rings. The summed E-state index contributed by atoms with van der Waals surface area (Å²) in [7, 11) is 1.32. The SMILES string of the molecule is CC(C)Cn1c(N)c(C(=O)CSc2nnc(-c3ccccc3F)n2Cc2ccccc2)c(=O)n(C)c1=O. The number of nitrogens with two attached hydrogens (primary N) is 1. The predicted octanol–water partition coefficient (Wildman–Crippen LogP) is 3.21. The summed E-state index contributed by atoms with van der Waals surface area (Å²) in [5.41, 5.74) is 5.81. The number of aromatic nitrogens is 5. The number of ketones is 1. The van der Waals surface area contributed by atoms with E-state index in [2.05, 4.69) is 10.2 Å². The average molecular weight is 523 g/mol. The minimum Gasteiger partial charge on any atom is -0.384 e. The second-order valence-corrected chi connectivity index (χ2v) is 9.92. The van der Waals surface area contributed by atoms with E-state index in [0.717, 1.165) is 21.9 Å². The average Bonchev–Trinajstić information content (AvgIpc) is 3.27. The smallest absolute Gasteiger partial charge is 0.332 e. The zero-order valence-electron chi connectivity index (χ0n) is 20.7. The number of carbonyl (C=O) groups is 1. The van der Waals surface area contributed by atoms with E-state index < -0.39 is 22.8 Å². The quantitative estimate of drug-likeness (QED) is 0.265. The molecule has 0 aliphatic rings. The van der Waals surface area contributed by atoms with Crippen LogP contribution in [0, 0.1) is 11.7 Å². The minimum atomic E-state index is -0.745. The van der Waals surface area contributed by atoms with Crippen molar-refractivity contribution >= 4 is 23.4 Å². The van der Waals surface area contributed by atoms with Crippen LogP contribution in [0.1, 0.15) is 29.8 Å². The molecule has 2 heterocycles. The number of thioether (sulfide) groups is 1. The Balaban J connectivity index is 1.69. The molecular weight excluding hydrogens is 495 g/mol. The first-order valence-corrected chi connectivity index (χ1v) is 12.6. The predicted molar refractivity (Wildman–Crippen MR) is 141 cm³/mol. The van der Waals surface area contributed by atoms with Gasteiger partial charge in [-0.05, 0) is 23.6 Å². The Morgan fingerprint density at radius 1 is 1.03 bits per heavy atom. The highest BCUT2D eigenvalue weighted by molar-refractivity contribution is 7.99. The van der Waals surface area contributed by atoms with E-state index in [9.17, 15) is 18.8 Å². The lowest BCUT2D eigenvalue weighted by Gasteiger charge is -2.16. The molecule has 0 saturated heterocycles. The molecule has 0 spiro atoms. The molecule has 11 heteroatoms. The second kappa shape index (κ2) is 11.0. The fourth-order valence-corrected chi connectivity index (χ4v) is 4.74. The van der Waals surface area contributed by atoms with Crippen molar-refractivity contribution in [2.75, 3.05) is 11.5 Å². The van der Waals surface area contributed by atoms with E-state index in [1.54, 1.807) is 22.8 Å². The molecule has 4 rings (SSSR count). The van der Waals surface area contributed by atoms with Crippen LogP contribution in [0.15, 0.2) is 69.3 Å². The Hall–Kier alpha value is -3.99. The third-order valence-corrected chi connectivity index (χ3v) is 6.72. The second-order valence-electron chi connectivity index (χ2n) is 8.98. The number of Topliss-reactive ketones (excluding diaryl/α,β-unsaturated/α-hetero) is 1. The molecule has 9 nitrogen and oxygen atoms in total. The van der Waals surface area contributed by atoms with Gasteiger partial charge in [-0.3, -0.25) is 23.3 Å². The van der Waals surface area contributed by atoms with Crippen molar-refractivity contribution in [1.29, 1.82) is 0 Å². The van der Waals surface area contributed by atoms with Crippen molar-refractivity contribution < 1.29 is 9.18 Å². The van der Waals surface area contributed by atoms with Crippen LogP contribution in [0.5, 0.6) is 0 Å². The van der Waals surface area contributed by atoms with Gasteiger partial charge in [0.25, 0.3) is 5.56 Å². The lowest BCUT2D eigenvalue weighted by atomic mass is 10.2. The lowest BCUT2D eigenvalue weighted by Crippen LogP contribution is -2.43. The molecule has 0 saturated carbocycles. The van der Waals surface area contributed by atoms with Crippen LogP contribution in [0.2, 0.25) is 0 Å². The van der Waals surface area contributed by atoms with Crippen LogP contribution >= 0.6 is 11.8 Å². The van der Waals surface area contributed by atoms with Gasteiger partial charge in [-0.1, -0.05) is 68.1 Å². The number of carbonyl (C=O) groups excluding carboxylic acids is 1. The number of nitrogen functional groups attached to an aromatic ring is 1. The summed E-state index contributed by atoms with van der Waals surface area (Å²) in [6.07, 6.45) is 0. The molecule has 0 aliphatic carbocycles. The Bertz CT molecular complexity index is 1560.